The fraction of sp³-hybridized carbons (Fsp3) is 0.897. The van der Waals surface area contributed by atoms with Gasteiger partial charge in [-0.3, -0.25) is 9.63 Å². The molecule has 4 N–H and O–H groups in total. The van der Waals surface area contributed by atoms with Gasteiger partial charge in [-0.05, 0) is 67.1 Å². The smallest absolute Gasteiger partial charge is 0.311 e. The summed E-state index contributed by atoms with van der Waals surface area (Å²) in [5.74, 6) is 2.18. The molecule has 1 spiro atoms. The number of aliphatic hydroxyl groups excluding tert-OH is 2. The third kappa shape index (κ3) is 5.38. The quantitative estimate of drug-likeness (QED) is 0.245. The maximum Gasteiger partial charge on any atom is 0.311 e. The number of rotatable bonds is 6. The van der Waals surface area contributed by atoms with Crippen molar-refractivity contribution in [2.75, 3.05) is 20.7 Å². The lowest BCUT2D eigenvalue weighted by molar-refractivity contribution is -0.328. The van der Waals surface area contributed by atoms with Gasteiger partial charge in [0.1, 0.15) is 17.8 Å². The van der Waals surface area contributed by atoms with E-state index in [4.69, 9.17) is 34.4 Å². The molecule has 0 radical (unpaired) electrons. The average molecular weight is 571 g/mol. The standard InChI is InChI=1S/C29H50N2O9/c1-10-21-27(6)13-19(14-35-30)29(39-27)15(2)12-28(7,40-29)24(17(4)22(32)18(5)25(34)37-21)38-26-23(33)20(31(8)9)11-16(3)36-26/h13,15-18,20-24,26,32-33H,10-12,14,30H2,1-9H3/t15?,16-,17+,18-,20+,21-,22+,23-,24-,26?,27?,28-,29?/m1/s1. The highest BCUT2D eigenvalue weighted by Crippen LogP contribution is 2.56. The zero-order chi connectivity index (χ0) is 29.8. The van der Waals surface area contributed by atoms with Crippen molar-refractivity contribution in [3.05, 3.63) is 11.6 Å². The van der Waals surface area contributed by atoms with Crippen LogP contribution < -0.4 is 5.90 Å². The van der Waals surface area contributed by atoms with Crippen LogP contribution >= 0.6 is 0 Å². The van der Waals surface area contributed by atoms with Crippen molar-refractivity contribution in [3.63, 3.8) is 0 Å². The maximum atomic E-state index is 13.4. The van der Waals surface area contributed by atoms with Crippen LogP contribution in [-0.4, -0.2) is 102 Å². The van der Waals surface area contributed by atoms with Gasteiger partial charge in [0.25, 0.3) is 0 Å². The summed E-state index contributed by atoms with van der Waals surface area (Å²) in [4.78, 5) is 20.4. The molecule has 4 heterocycles. The molecule has 4 rings (SSSR count). The summed E-state index contributed by atoms with van der Waals surface area (Å²) in [7, 11) is 3.83. The molecule has 13 atom stereocenters. The molecule has 0 aliphatic carbocycles. The van der Waals surface area contributed by atoms with E-state index in [1.807, 2.05) is 66.6 Å². The zero-order valence-corrected chi connectivity index (χ0v) is 25.5. The van der Waals surface area contributed by atoms with Gasteiger partial charge < -0.3 is 38.8 Å². The molecule has 4 aliphatic rings. The number of cyclic esters (lactones) is 1. The predicted octanol–water partition coefficient (Wildman–Crippen LogP) is 1.88. The number of nitrogens with zero attached hydrogens (tertiary/aromatic N) is 1. The first-order chi connectivity index (χ1) is 18.6. The Hall–Kier alpha value is -1.15. The second-order valence-electron chi connectivity index (χ2n) is 13.1. The molecule has 4 aliphatic heterocycles. The minimum absolute atomic E-state index is 0.0625. The molecule has 3 fully saturated rings. The van der Waals surface area contributed by atoms with Gasteiger partial charge in [0.05, 0.1) is 36.4 Å². The largest absolute Gasteiger partial charge is 0.459 e. The number of nitrogens with two attached hydrogens (primary N) is 1. The summed E-state index contributed by atoms with van der Waals surface area (Å²) in [6.45, 7) is 13.2. The van der Waals surface area contributed by atoms with Crippen LogP contribution in [-0.2, 0) is 33.3 Å². The van der Waals surface area contributed by atoms with E-state index < -0.39 is 65.5 Å². The van der Waals surface area contributed by atoms with Crippen molar-refractivity contribution >= 4 is 5.97 Å². The van der Waals surface area contributed by atoms with Crippen molar-refractivity contribution in [3.8, 4) is 0 Å². The van der Waals surface area contributed by atoms with E-state index in [0.717, 1.165) is 0 Å². The highest BCUT2D eigenvalue weighted by atomic mass is 16.8. The van der Waals surface area contributed by atoms with Crippen molar-refractivity contribution in [1.29, 1.82) is 0 Å². The lowest BCUT2D eigenvalue weighted by Gasteiger charge is -2.47. The Labute approximate surface area is 238 Å². The van der Waals surface area contributed by atoms with Crippen LogP contribution in [0.4, 0.5) is 0 Å². The highest BCUT2D eigenvalue weighted by molar-refractivity contribution is 5.73. The first-order valence-corrected chi connectivity index (χ1v) is 14.6. The van der Waals surface area contributed by atoms with E-state index in [1.165, 1.54) is 0 Å². The van der Waals surface area contributed by atoms with Crippen LogP contribution in [0.3, 0.4) is 0 Å². The first kappa shape index (κ1) is 31.8. The van der Waals surface area contributed by atoms with Gasteiger partial charge in [-0.1, -0.05) is 20.8 Å². The molecular weight excluding hydrogens is 520 g/mol. The Morgan fingerprint density at radius 1 is 1.12 bits per heavy atom. The van der Waals surface area contributed by atoms with Gasteiger partial charge in [-0.2, -0.15) is 0 Å². The van der Waals surface area contributed by atoms with Crippen molar-refractivity contribution in [1.82, 2.24) is 4.90 Å². The van der Waals surface area contributed by atoms with Crippen LogP contribution in [0.1, 0.15) is 67.7 Å². The molecule has 0 saturated carbocycles. The molecule has 0 aromatic rings. The Morgan fingerprint density at radius 3 is 2.40 bits per heavy atom. The predicted molar refractivity (Wildman–Crippen MR) is 146 cm³/mol. The molecule has 230 valence electrons. The SMILES string of the molecule is CC[C@H]1OC(=O)[C@H](C)[C@@H](O)[C@H](C)[C@@H](OC2O[C@H](C)C[C@H](N(C)C)[C@H]2O)[C@@]2(C)CC(C)C3(OC1(C)C=C3CON)O2. The molecule has 3 saturated heterocycles. The Bertz CT molecular complexity index is 964. The molecule has 11 nitrogen and oxygen atoms in total. The number of fused-ring (bicyclic) bond motifs is 2. The zero-order valence-electron chi connectivity index (χ0n) is 25.5. The molecule has 40 heavy (non-hydrogen) atoms. The Morgan fingerprint density at radius 2 is 1.80 bits per heavy atom. The topological polar surface area (TPSA) is 142 Å². The highest BCUT2D eigenvalue weighted by Gasteiger charge is 2.65. The van der Waals surface area contributed by atoms with Gasteiger partial charge in [0.15, 0.2) is 12.1 Å². The Kier molecular flexibility index (Phi) is 9.14. The monoisotopic (exact) mass is 570 g/mol. The molecule has 11 heteroatoms. The number of aliphatic hydroxyl groups is 2. The van der Waals surface area contributed by atoms with E-state index in [0.29, 0.717) is 24.8 Å². The van der Waals surface area contributed by atoms with E-state index >= 15 is 0 Å². The molecule has 4 unspecified atom stereocenters. The fourth-order valence-corrected chi connectivity index (χ4v) is 7.42. The second-order valence-corrected chi connectivity index (χ2v) is 13.1. The molecule has 0 aromatic heterocycles. The van der Waals surface area contributed by atoms with Crippen LogP contribution in [0.15, 0.2) is 11.6 Å². The number of carbonyl (C=O) groups excluding carboxylic acids is 1. The number of hydrogen-bond donors (Lipinski definition) is 3. The molecular formula is C29H50N2O9. The van der Waals surface area contributed by atoms with Gasteiger partial charge in [-0.15, -0.1) is 0 Å². The Balaban J connectivity index is 1.80. The number of carbonyl (C=O) groups is 1. The van der Waals surface area contributed by atoms with E-state index in [1.54, 1.807) is 6.92 Å². The van der Waals surface area contributed by atoms with Crippen molar-refractivity contribution < 1.29 is 43.5 Å². The van der Waals surface area contributed by atoms with Gasteiger partial charge >= 0.3 is 5.97 Å². The third-order valence-corrected chi connectivity index (χ3v) is 9.59. The minimum Gasteiger partial charge on any atom is -0.459 e. The summed E-state index contributed by atoms with van der Waals surface area (Å²) < 4.78 is 32.5. The summed E-state index contributed by atoms with van der Waals surface area (Å²) in [5, 5.41) is 22.8. The normalized spacial score (nSPS) is 49.8. The fourth-order valence-electron chi connectivity index (χ4n) is 7.42. The van der Waals surface area contributed by atoms with Crippen LogP contribution in [0, 0.1) is 17.8 Å². The van der Waals surface area contributed by atoms with E-state index in [9.17, 15) is 15.0 Å². The number of likely N-dealkylation sites (N-methyl/N-ethyl adjacent to an activating group) is 1. The number of esters is 1. The van der Waals surface area contributed by atoms with Crippen LogP contribution in [0.2, 0.25) is 0 Å². The van der Waals surface area contributed by atoms with Gasteiger partial charge in [-0.25, -0.2) is 5.90 Å². The van der Waals surface area contributed by atoms with E-state index in [-0.39, 0.29) is 24.7 Å². The van der Waals surface area contributed by atoms with Crippen LogP contribution in [0.25, 0.3) is 0 Å². The average Bonchev–Trinajstić information content (AvgIpc) is 3.32. The van der Waals surface area contributed by atoms with Crippen molar-refractivity contribution in [2.45, 2.75) is 128 Å². The maximum absolute atomic E-state index is 13.4. The number of hydrogen-bond acceptors (Lipinski definition) is 11. The lowest BCUT2D eigenvalue weighted by atomic mass is 9.78. The minimum atomic E-state index is -1.22. The van der Waals surface area contributed by atoms with Crippen molar-refractivity contribution in [2.24, 2.45) is 23.7 Å². The summed E-state index contributed by atoms with van der Waals surface area (Å²) in [5.41, 5.74) is -1.31. The number of ether oxygens (including phenoxy) is 5. The molecule has 0 aromatic carbocycles. The summed E-state index contributed by atoms with van der Waals surface area (Å²) >= 11 is 0. The summed E-state index contributed by atoms with van der Waals surface area (Å²) in [6, 6.07) is -0.183. The second kappa shape index (κ2) is 11.5. The van der Waals surface area contributed by atoms with Gasteiger partial charge in [0, 0.05) is 23.5 Å². The van der Waals surface area contributed by atoms with E-state index in [2.05, 4.69) is 0 Å². The van der Waals surface area contributed by atoms with Crippen LogP contribution in [0.5, 0.6) is 0 Å². The molecule has 0 amide bonds. The summed E-state index contributed by atoms with van der Waals surface area (Å²) in [6.07, 6.45) is -1.06. The lowest BCUT2D eigenvalue weighted by Crippen LogP contribution is -2.59. The first-order valence-electron chi connectivity index (χ1n) is 14.6. The third-order valence-electron chi connectivity index (χ3n) is 9.59. The van der Waals surface area contributed by atoms with Gasteiger partial charge in [0.2, 0.25) is 0 Å². The molecule has 3 bridgehead atoms.